The molecule has 0 fully saturated rings. The van der Waals surface area contributed by atoms with Crippen molar-refractivity contribution in [2.24, 2.45) is 0 Å². The van der Waals surface area contributed by atoms with Crippen molar-refractivity contribution >= 4 is 11.9 Å². The predicted molar refractivity (Wildman–Crippen MR) is 135 cm³/mol. The van der Waals surface area contributed by atoms with E-state index in [1.54, 1.807) is 61.9 Å². The van der Waals surface area contributed by atoms with Crippen LogP contribution in [-0.4, -0.2) is 44.7 Å². The number of halogens is 2. The number of carbonyl (C=O) groups is 2. The maximum Gasteiger partial charge on any atom is 0.358 e. The van der Waals surface area contributed by atoms with Gasteiger partial charge in [-0.25, -0.2) is 27.7 Å². The minimum absolute atomic E-state index is 0. The molecule has 0 bridgehead atoms. The predicted octanol–water partition coefficient (Wildman–Crippen LogP) is 5.63. The number of aryl methyl sites for hydroxylation is 2. The molecule has 0 N–H and O–H groups in total. The zero-order valence-electron chi connectivity index (χ0n) is 20.4. The van der Waals surface area contributed by atoms with Crippen LogP contribution in [0.4, 0.5) is 8.78 Å². The third kappa shape index (κ3) is 7.33. The van der Waals surface area contributed by atoms with Gasteiger partial charge in [-0.15, -0.1) is 0 Å². The van der Waals surface area contributed by atoms with Crippen LogP contribution in [0.2, 0.25) is 0 Å². The Morgan fingerprint density at radius 2 is 1.24 bits per heavy atom. The Morgan fingerprint density at radius 3 is 1.76 bits per heavy atom. The lowest BCUT2D eigenvalue weighted by Crippen LogP contribution is -2.11. The fraction of sp³-hybridized carbons (Fsp3) is 0.259. The number of carbonyl (C=O) groups excluding carboxylic acids is 2. The first-order valence-electron chi connectivity index (χ1n) is 11.2. The molecule has 37 heavy (non-hydrogen) atoms. The fourth-order valence-electron chi connectivity index (χ4n) is 3.25. The molecular weight excluding hydrogens is 482 g/mol. The standard InChI is InChI=1S/2C13H13FN2O2.CH4/c1-3-18-13(17)12-8-9(2)16(15-12)11-6-4-10(14)5-7-11;1-3-18-13(17)12-8-9(2)15-16(12)11-6-4-10(14)5-7-11;/h2*4-8H,3H2,1-2H3;1H4. The lowest BCUT2D eigenvalue weighted by Gasteiger charge is -2.06. The first-order valence-corrected chi connectivity index (χ1v) is 11.2. The van der Waals surface area contributed by atoms with Crippen LogP contribution in [0.25, 0.3) is 11.4 Å². The van der Waals surface area contributed by atoms with Gasteiger partial charge in [-0.05, 0) is 88.4 Å². The highest BCUT2D eigenvalue weighted by Crippen LogP contribution is 2.15. The van der Waals surface area contributed by atoms with Gasteiger partial charge in [0.1, 0.15) is 11.6 Å². The van der Waals surface area contributed by atoms with Crippen LogP contribution in [-0.2, 0) is 9.47 Å². The van der Waals surface area contributed by atoms with Crippen molar-refractivity contribution in [3.63, 3.8) is 0 Å². The van der Waals surface area contributed by atoms with E-state index in [4.69, 9.17) is 9.47 Å². The summed E-state index contributed by atoms with van der Waals surface area (Å²) >= 11 is 0. The number of esters is 2. The number of ether oxygens (including phenoxy) is 2. The minimum Gasteiger partial charge on any atom is -0.461 e. The van der Waals surface area contributed by atoms with Crippen LogP contribution < -0.4 is 0 Å². The summed E-state index contributed by atoms with van der Waals surface area (Å²) in [6.45, 7) is 7.68. The molecule has 0 atom stereocenters. The van der Waals surface area contributed by atoms with Crippen LogP contribution in [0.5, 0.6) is 0 Å². The van der Waals surface area contributed by atoms with Crippen molar-refractivity contribution < 1.29 is 27.8 Å². The van der Waals surface area contributed by atoms with Gasteiger partial charge in [0.05, 0.1) is 30.3 Å². The van der Waals surface area contributed by atoms with E-state index >= 15 is 0 Å². The van der Waals surface area contributed by atoms with Gasteiger partial charge in [0.2, 0.25) is 0 Å². The second-order valence-electron chi connectivity index (χ2n) is 7.56. The molecule has 10 heteroatoms. The summed E-state index contributed by atoms with van der Waals surface area (Å²) in [7, 11) is 0. The smallest absolute Gasteiger partial charge is 0.358 e. The van der Waals surface area contributed by atoms with Gasteiger partial charge in [0.25, 0.3) is 0 Å². The molecule has 4 aromatic rings. The third-order valence-electron chi connectivity index (χ3n) is 4.83. The summed E-state index contributed by atoms with van der Waals surface area (Å²) in [5.41, 5.74) is 3.38. The van der Waals surface area contributed by atoms with Crippen molar-refractivity contribution in [3.05, 3.63) is 95.1 Å². The number of hydrogen-bond donors (Lipinski definition) is 0. The normalized spacial score (nSPS) is 10.1. The van der Waals surface area contributed by atoms with Gasteiger partial charge in [-0.3, -0.25) is 0 Å². The van der Waals surface area contributed by atoms with Crippen LogP contribution in [0.3, 0.4) is 0 Å². The summed E-state index contributed by atoms with van der Waals surface area (Å²) in [5, 5.41) is 8.36. The van der Waals surface area contributed by atoms with Crippen molar-refractivity contribution in [1.29, 1.82) is 0 Å². The van der Waals surface area contributed by atoms with Crippen molar-refractivity contribution in [2.75, 3.05) is 13.2 Å². The topological polar surface area (TPSA) is 88.2 Å². The zero-order valence-corrected chi connectivity index (χ0v) is 20.4. The summed E-state index contributed by atoms with van der Waals surface area (Å²) in [5.74, 6) is -1.54. The molecular formula is C27H30F2N4O4. The Kier molecular flexibility index (Phi) is 10.2. The average Bonchev–Trinajstić information content (AvgIpc) is 3.44. The SMILES string of the molecule is C.CCOC(=O)c1cc(C)n(-c2ccc(F)cc2)n1.CCOC(=O)c1cc(C)nn1-c1ccc(F)cc1. The van der Waals surface area contributed by atoms with Gasteiger partial charge >= 0.3 is 11.9 Å². The number of nitrogens with zero attached hydrogens (tertiary/aromatic N) is 4. The number of hydrogen-bond acceptors (Lipinski definition) is 6. The van der Waals surface area contributed by atoms with E-state index in [1.807, 2.05) is 6.92 Å². The van der Waals surface area contributed by atoms with E-state index < -0.39 is 11.9 Å². The summed E-state index contributed by atoms with van der Waals surface area (Å²) in [6, 6.07) is 14.9. The van der Waals surface area contributed by atoms with Crippen LogP contribution in [0, 0.1) is 25.5 Å². The highest BCUT2D eigenvalue weighted by Gasteiger charge is 2.16. The molecule has 0 aliphatic carbocycles. The van der Waals surface area contributed by atoms with Gasteiger partial charge in [0.15, 0.2) is 11.4 Å². The Bertz CT molecular complexity index is 1330. The molecule has 0 saturated carbocycles. The molecule has 0 aliphatic rings. The summed E-state index contributed by atoms with van der Waals surface area (Å²) < 4.78 is 38.6. The maximum atomic E-state index is 12.9. The number of rotatable bonds is 6. The van der Waals surface area contributed by atoms with Gasteiger partial charge in [-0.1, -0.05) is 7.43 Å². The largest absolute Gasteiger partial charge is 0.461 e. The molecule has 196 valence electrons. The molecule has 2 aromatic heterocycles. The Hall–Kier alpha value is -4.34. The summed E-state index contributed by atoms with van der Waals surface area (Å²) in [4.78, 5) is 23.3. The van der Waals surface area contributed by atoms with Crippen LogP contribution in [0.15, 0.2) is 60.7 Å². The van der Waals surface area contributed by atoms with E-state index in [0.717, 1.165) is 5.69 Å². The monoisotopic (exact) mass is 512 g/mol. The van der Waals surface area contributed by atoms with E-state index in [2.05, 4.69) is 10.2 Å². The van der Waals surface area contributed by atoms with E-state index in [9.17, 15) is 18.4 Å². The highest BCUT2D eigenvalue weighted by atomic mass is 19.1. The van der Waals surface area contributed by atoms with Crippen LogP contribution in [0.1, 0.15) is 53.6 Å². The lowest BCUT2D eigenvalue weighted by molar-refractivity contribution is 0.0507. The third-order valence-corrected chi connectivity index (χ3v) is 4.83. The van der Waals surface area contributed by atoms with E-state index in [0.29, 0.717) is 36.0 Å². The van der Waals surface area contributed by atoms with Gasteiger partial charge in [-0.2, -0.15) is 10.2 Å². The maximum absolute atomic E-state index is 12.9. The molecule has 0 radical (unpaired) electrons. The molecule has 8 nitrogen and oxygen atoms in total. The highest BCUT2D eigenvalue weighted by molar-refractivity contribution is 5.88. The molecule has 0 unspecified atom stereocenters. The van der Waals surface area contributed by atoms with Crippen LogP contribution >= 0.6 is 0 Å². The van der Waals surface area contributed by atoms with E-state index in [-0.39, 0.29) is 24.8 Å². The molecule has 2 aromatic carbocycles. The van der Waals surface area contributed by atoms with Gasteiger partial charge in [0, 0.05) is 5.69 Å². The Balaban J connectivity index is 0.000000253. The van der Waals surface area contributed by atoms with Crippen molar-refractivity contribution in [1.82, 2.24) is 19.6 Å². The molecule has 2 heterocycles. The Morgan fingerprint density at radius 1 is 0.757 bits per heavy atom. The lowest BCUT2D eigenvalue weighted by atomic mass is 10.3. The first kappa shape index (κ1) is 28.9. The molecule has 4 rings (SSSR count). The molecule has 0 saturated heterocycles. The second kappa shape index (κ2) is 13.1. The number of aromatic nitrogens is 4. The fourth-order valence-corrected chi connectivity index (χ4v) is 3.25. The van der Waals surface area contributed by atoms with Crippen molar-refractivity contribution in [2.45, 2.75) is 35.1 Å². The minimum atomic E-state index is -0.457. The Labute approximate surface area is 214 Å². The van der Waals surface area contributed by atoms with E-state index in [1.165, 1.54) is 28.9 Å². The van der Waals surface area contributed by atoms with Gasteiger partial charge < -0.3 is 9.47 Å². The molecule has 0 spiro atoms. The second-order valence-corrected chi connectivity index (χ2v) is 7.56. The zero-order chi connectivity index (χ0) is 26.2. The molecule has 0 aliphatic heterocycles. The first-order chi connectivity index (χ1) is 17.2. The number of benzene rings is 2. The molecule has 0 amide bonds. The average molecular weight is 513 g/mol. The van der Waals surface area contributed by atoms with Crippen molar-refractivity contribution in [3.8, 4) is 11.4 Å². The summed E-state index contributed by atoms with van der Waals surface area (Å²) in [6.07, 6.45) is 0. The quantitative estimate of drug-likeness (QED) is 0.311.